The van der Waals surface area contributed by atoms with Crippen LogP contribution >= 0.6 is 0 Å². The second-order valence-electron chi connectivity index (χ2n) is 7.27. The number of hydrogen-bond acceptors (Lipinski definition) is 7. The topological polar surface area (TPSA) is 122 Å². The van der Waals surface area contributed by atoms with Crippen LogP contribution in [0.15, 0.2) is 42.5 Å². The molecule has 1 saturated heterocycles. The van der Waals surface area contributed by atoms with E-state index in [-0.39, 0.29) is 23.7 Å². The van der Waals surface area contributed by atoms with Gasteiger partial charge in [-0.3, -0.25) is 24.6 Å². The van der Waals surface area contributed by atoms with Crippen LogP contribution in [0.5, 0.6) is 0 Å². The monoisotopic (exact) mass is 424 g/mol. The molecular formula is C21H20N4O6. The minimum Gasteiger partial charge on any atom is -0.452 e. The average Bonchev–Trinajstić information content (AvgIpc) is 3.31. The number of carbonyl (C=O) groups excluding carboxylic acids is 3. The molecule has 2 amide bonds. The third kappa shape index (κ3) is 4.18. The van der Waals surface area contributed by atoms with Crippen LogP contribution in [-0.4, -0.2) is 48.9 Å². The van der Waals surface area contributed by atoms with E-state index in [9.17, 15) is 24.5 Å². The van der Waals surface area contributed by atoms with Crippen molar-refractivity contribution in [2.75, 3.05) is 41.4 Å². The van der Waals surface area contributed by atoms with Crippen LogP contribution in [0, 0.1) is 10.1 Å². The summed E-state index contributed by atoms with van der Waals surface area (Å²) in [6.07, 6.45) is 1.92. The Morgan fingerprint density at radius 1 is 1.10 bits per heavy atom. The first-order valence-corrected chi connectivity index (χ1v) is 9.84. The number of nitrogens with one attached hydrogen (secondary N) is 1. The Labute approximate surface area is 177 Å². The summed E-state index contributed by atoms with van der Waals surface area (Å²) in [6, 6.07) is 10.9. The zero-order valence-electron chi connectivity index (χ0n) is 16.6. The van der Waals surface area contributed by atoms with Crippen molar-refractivity contribution in [1.29, 1.82) is 0 Å². The Balaban J connectivity index is 1.52. The van der Waals surface area contributed by atoms with E-state index < -0.39 is 23.4 Å². The van der Waals surface area contributed by atoms with E-state index in [1.165, 1.54) is 23.1 Å². The van der Waals surface area contributed by atoms with Crippen molar-refractivity contribution in [3.05, 3.63) is 58.1 Å². The predicted octanol–water partition coefficient (Wildman–Crippen LogP) is 2.34. The maximum atomic E-state index is 12.8. The highest BCUT2D eigenvalue weighted by Gasteiger charge is 2.28. The number of non-ortho nitro benzene ring substituents is 1. The summed E-state index contributed by atoms with van der Waals surface area (Å²) in [6.45, 7) is 0.680. The molecule has 1 fully saturated rings. The van der Waals surface area contributed by atoms with Gasteiger partial charge in [-0.1, -0.05) is 12.1 Å². The number of rotatable bonds is 5. The van der Waals surface area contributed by atoms with Crippen molar-refractivity contribution in [2.24, 2.45) is 0 Å². The Bertz CT molecular complexity index is 1060. The van der Waals surface area contributed by atoms with Gasteiger partial charge in [0.25, 0.3) is 11.6 Å². The highest BCUT2D eigenvalue weighted by molar-refractivity contribution is 6.10. The quantitative estimate of drug-likeness (QED) is 0.444. The van der Waals surface area contributed by atoms with Gasteiger partial charge >= 0.3 is 5.97 Å². The van der Waals surface area contributed by atoms with E-state index in [2.05, 4.69) is 5.32 Å². The molecule has 10 nitrogen and oxygen atoms in total. The Hall–Kier alpha value is -3.95. The minimum absolute atomic E-state index is 0.0423. The van der Waals surface area contributed by atoms with E-state index >= 15 is 0 Å². The van der Waals surface area contributed by atoms with Crippen LogP contribution in [0.25, 0.3) is 0 Å². The summed E-state index contributed by atoms with van der Waals surface area (Å²) < 4.78 is 5.22. The number of nitro benzene ring substituents is 1. The van der Waals surface area contributed by atoms with Crippen LogP contribution in [0.3, 0.4) is 0 Å². The van der Waals surface area contributed by atoms with Gasteiger partial charge in [-0.2, -0.15) is 0 Å². The lowest BCUT2D eigenvalue weighted by molar-refractivity contribution is -0.384. The van der Waals surface area contributed by atoms with Crippen molar-refractivity contribution < 1.29 is 24.0 Å². The third-order valence-corrected chi connectivity index (χ3v) is 5.26. The predicted molar refractivity (Wildman–Crippen MR) is 112 cm³/mol. The van der Waals surface area contributed by atoms with E-state index in [1.54, 1.807) is 24.3 Å². The van der Waals surface area contributed by atoms with Gasteiger partial charge in [-0.15, -0.1) is 0 Å². The number of amides is 2. The van der Waals surface area contributed by atoms with Crippen molar-refractivity contribution in [1.82, 2.24) is 0 Å². The summed E-state index contributed by atoms with van der Waals surface area (Å²) in [5.41, 5.74) is 1.36. The molecule has 160 valence electrons. The van der Waals surface area contributed by atoms with Crippen molar-refractivity contribution >= 4 is 40.5 Å². The Kier molecular flexibility index (Phi) is 5.52. The fourth-order valence-electron chi connectivity index (χ4n) is 3.77. The van der Waals surface area contributed by atoms with E-state index in [4.69, 9.17) is 4.74 Å². The van der Waals surface area contributed by atoms with Crippen LogP contribution in [0.2, 0.25) is 0 Å². The SMILES string of the molecule is O=C1CN(C(=O)COC(=O)c2cc([N+](=O)[O-])ccc2N2CCCC2)c2ccccc2N1. The molecule has 0 saturated carbocycles. The van der Waals surface area contributed by atoms with Crippen LogP contribution in [-0.2, 0) is 14.3 Å². The summed E-state index contributed by atoms with van der Waals surface area (Å²) in [4.78, 5) is 51.2. The van der Waals surface area contributed by atoms with Gasteiger partial charge in [-0.25, -0.2) is 4.79 Å². The maximum absolute atomic E-state index is 12.8. The zero-order chi connectivity index (χ0) is 22.0. The molecule has 2 aromatic rings. The zero-order valence-corrected chi connectivity index (χ0v) is 16.6. The standard InChI is InChI=1S/C21H20N4O6/c26-19-12-24(18-6-2-1-5-16(18)22-19)20(27)13-31-21(28)15-11-14(25(29)30)7-8-17(15)23-9-3-4-10-23/h1-2,5-8,11H,3-4,9-10,12-13H2,(H,22,26). The second kappa shape index (κ2) is 8.42. The van der Waals surface area contributed by atoms with Crippen molar-refractivity contribution in [2.45, 2.75) is 12.8 Å². The van der Waals surface area contributed by atoms with Crippen LogP contribution in [0.1, 0.15) is 23.2 Å². The van der Waals surface area contributed by atoms with Gasteiger partial charge in [0.2, 0.25) is 5.91 Å². The molecule has 31 heavy (non-hydrogen) atoms. The average molecular weight is 424 g/mol. The Morgan fingerprint density at radius 3 is 2.58 bits per heavy atom. The van der Waals surface area contributed by atoms with Crippen molar-refractivity contribution in [3.63, 3.8) is 0 Å². The number of nitro groups is 1. The lowest BCUT2D eigenvalue weighted by Crippen LogP contribution is -2.44. The normalized spacial score (nSPS) is 15.3. The maximum Gasteiger partial charge on any atom is 0.341 e. The molecule has 0 radical (unpaired) electrons. The van der Waals surface area contributed by atoms with Gasteiger partial charge in [0.1, 0.15) is 6.54 Å². The van der Waals surface area contributed by atoms with E-state index in [0.717, 1.165) is 25.9 Å². The van der Waals surface area contributed by atoms with Crippen LogP contribution < -0.4 is 15.1 Å². The number of esters is 1. The number of nitrogens with zero attached hydrogens (tertiary/aromatic N) is 3. The summed E-state index contributed by atoms with van der Waals surface area (Å²) in [5, 5.41) is 13.9. The fourth-order valence-corrected chi connectivity index (χ4v) is 3.77. The lowest BCUT2D eigenvalue weighted by atomic mass is 10.1. The number of benzene rings is 2. The molecule has 2 aliphatic rings. The van der Waals surface area contributed by atoms with Gasteiger partial charge in [0.05, 0.1) is 27.5 Å². The fraction of sp³-hybridized carbons (Fsp3) is 0.286. The highest BCUT2D eigenvalue weighted by Crippen LogP contribution is 2.30. The molecule has 1 N–H and O–H groups in total. The molecule has 2 heterocycles. The molecule has 0 spiro atoms. The van der Waals surface area contributed by atoms with Gasteiger partial charge < -0.3 is 15.0 Å². The van der Waals surface area contributed by atoms with Gasteiger partial charge in [-0.05, 0) is 31.0 Å². The molecule has 0 aliphatic carbocycles. The molecule has 2 aromatic carbocycles. The molecule has 4 rings (SSSR count). The first-order chi connectivity index (χ1) is 14.9. The molecule has 2 aliphatic heterocycles. The molecule has 0 bridgehead atoms. The molecule has 10 heteroatoms. The third-order valence-electron chi connectivity index (χ3n) is 5.26. The smallest absolute Gasteiger partial charge is 0.341 e. The molecular weight excluding hydrogens is 404 g/mol. The number of para-hydroxylation sites is 2. The van der Waals surface area contributed by atoms with Gasteiger partial charge in [0, 0.05) is 25.2 Å². The first kappa shape index (κ1) is 20.3. The summed E-state index contributed by atoms with van der Waals surface area (Å²) in [5.74, 6) is -1.74. The number of hydrogen-bond donors (Lipinski definition) is 1. The van der Waals surface area contributed by atoms with E-state index in [0.29, 0.717) is 17.1 Å². The largest absolute Gasteiger partial charge is 0.452 e. The molecule has 0 atom stereocenters. The number of anilines is 3. The number of carbonyl (C=O) groups is 3. The highest BCUT2D eigenvalue weighted by atomic mass is 16.6. The van der Waals surface area contributed by atoms with Crippen LogP contribution in [0.4, 0.5) is 22.7 Å². The number of fused-ring (bicyclic) bond motifs is 1. The molecule has 0 unspecified atom stereocenters. The van der Waals surface area contributed by atoms with Gasteiger partial charge in [0.15, 0.2) is 6.61 Å². The second-order valence-corrected chi connectivity index (χ2v) is 7.27. The lowest BCUT2D eigenvalue weighted by Gasteiger charge is -2.29. The van der Waals surface area contributed by atoms with Crippen molar-refractivity contribution in [3.8, 4) is 0 Å². The van der Waals surface area contributed by atoms with E-state index in [1.807, 2.05) is 4.90 Å². The Morgan fingerprint density at radius 2 is 1.84 bits per heavy atom. The number of ether oxygens (including phenoxy) is 1. The summed E-state index contributed by atoms with van der Waals surface area (Å²) in [7, 11) is 0. The first-order valence-electron chi connectivity index (χ1n) is 9.84. The minimum atomic E-state index is -0.825. The summed E-state index contributed by atoms with van der Waals surface area (Å²) >= 11 is 0. The molecule has 0 aromatic heterocycles.